The minimum absolute atomic E-state index is 0.0962. The second-order valence-electron chi connectivity index (χ2n) is 8.85. The van der Waals surface area contributed by atoms with Gasteiger partial charge in [-0.3, -0.25) is 4.90 Å². The predicted molar refractivity (Wildman–Crippen MR) is 121 cm³/mol. The summed E-state index contributed by atoms with van der Waals surface area (Å²) in [5, 5.41) is 8.64. The molecule has 8 heteroatoms. The largest absolute Gasteiger partial charge is 0.371 e. The summed E-state index contributed by atoms with van der Waals surface area (Å²) >= 11 is 0. The van der Waals surface area contributed by atoms with Crippen LogP contribution in [0, 0.1) is 11.8 Å². The number of benzene rings is 2. The van der Waals surface area contributed by atoms with Crippen LogP contribution >= 0.6 is 0 Å². The Kier molecular flexibility index (Phi) is 5.27. The average molecular weight is 438 g/mol. The minimum atomic E-state index is -3.02. The Bertz CT molecular complexity index is 1150. The molecule has 0 radical (unpaired) electrons. The molecule has 0 bridgehead atoms. The van der Waals surface area contributed by atoms with Gasteiger partial charge >= 0.3 is 0 Å². The third-order valence-corrected chi connectivity index (χ3v) is 7.07. The van der Waals surface area contributed by atoms with E-state index in [1.54, 1.807) is 0 Å². The maximum absolute atomic E-state index is 11.6. The van der Waals surface area contributed by atoms with Crippen LogP contribution in [0.3, 0.4) is 0 Å². The Morgan fingerprint density at radius 3 is 2.35 bits per heavy atom. The number of likely N-dealkylation sites (tertiary alicyclic amines) is 1. The molecule has 2 atom stereocenters. The Hall–Kier alpha value is -2.71. The fourth-order valence-corrected chi connectivity index (χ4v) is 5.67. The molecule has 2 aliphatic rings. The van der Waals surface area contributed by atoms with Gasteiger partial charge < -0.3 is 4.90 Å². The van der Waals surface area contributed by atoms with Crippen LogP contribution in [0.5, 0.6) is 0 Å². The third-order valence-electron chi connectivity index (χ3n) is 6.21. The first-order valence-corrected chi connectivity index (χ1v) is 12.7. The van der Waals surface area contributed by atoms with Gasteiger partial charge in [0, 0.05) is 44.7 Å². The molecule has 2 saturated heterocycles. The van der Waals surface area contributed by atoms with Crippen LogP contribution in [0.15, 0.2) is 60.8 Å². The molecular weight excluding hydrogens is 410 g/mol. The van der Waals surface area contributed by atoms with Gasteiger partial charge in [0.15, 0.2) is 9.84 Å². The van der Waals surface area contributed by atoms with Crippen LogP contribution in [0.1, 0.15) is 11.3 Å². The van der Waals surface area contributed by atoms with Gasteiger partial charge in [0.2, 0.25) is 0 Å². The van der Waals surface area contributed by atoms with Gasteiger partial charge in [-0.05, 0) is 41.7 Å². The van der Waals surface area contributed by atoms with Crippen molar-refractivity contribution >= 4 is 15.5 Å². The fourth-order valence-electron chi connectivity index (χ4n) is 4.88. The zero-order chi connectivity index (χ0) is 21.4. The lowest BCUT2D eigenvalue weighted by atomic mass is 10.0. The number of nitrogens with zero attached hydrogens (tertiary/aromatic N) is 5. The van der Waals surface area contributed by atoms with E-state index in [1.807, 2.05) is 59.4 Å². The molecule has 2 aliphatic heterocycles. The molecule has 5 rings (SSSR count). The van der Waals surface area contributed by atoms with E-state index in [9.17, 15) is 8.42 Å². The van der Waals surface area contributed by atoms with Crippen molar-refractivity contribution < 1.29 is 8.42 Å². The fraction of sp³-hybridized carbons (Fsp3) is 0.391. The first kappa shape index (κ1) is 20.2. The van der Waals surface area contributed by atoms with Crippen LogP contribution in [0.4, 0.5) is 5.69 Å². The lowest BCUT2D eigenvalue weighted by Gasteiger charge is -2.23. The number of sulfone groups is 1. The van der Waals surface area contributed by atoms with Crippen LogP contribution in [0.2, 0.25) is 0 Å². The van der Waals surface area contributed by atoms with Crippen molar-refractivity contribution in [2.75, 3.05) is 37.3 Å². The Morgan fingerprint density at radius 1 is 0.935 bits per heavy atom. The molecule has 1 aromatic heterocycles. The lowest BCUT2D eigenvalue weighted by molar-refractivity contribution is 0.305. The first-order chi connectivity index (χ1) is 14.9. The molecule has 2 aromatic carbocycles. The van der Waals surface area contributed by atoms with Gasteiger partial charge in [0.25, 0.3) is 0 Å². The van der Waals surface area contributed by atoms with Gasteiger partial charge in [0.05, 0.1) is 23.3 Å². The highest BCUT2D eigenvalue weighted by molar-refractivity contribution is 7.89. The predicted octanol–water partition coefficient (Wildman–Crippen LogP) is 2.38. The number of aromatic nitrogens is 3. The molecule has 0 saturated carbocycles. The minimum Gasteiger partial charge on any atom is -0.371 e. The highest BCUT2D eigenvalue weighted by Crippen LogP contribution is 2.34. The number of hydrogen-bond acceptors (Lipinski definition) is 6. The van der Waals surface area contributed by atoms with Gasteiger partial charge in [0.1, 0.15) is 0 Å². The third kappa shape index (κ3) is 4.65. The van der Waals surface area contributed by atoms with Crippen molar-refractivity contribution in [3.05, 3.63) is 72.1 Å². The smallest absolute Gasteiger partial charge is 0.151 e. The second-order valence-corrected chi connectivity index (χ2v) is 11.0. The molecule has 0 aliphatic carbocycles. The highest BCUT2D eigenvalue weighted by atomic mass is 32.2. The zero-order valence-electron chi connectivity index (χ0n) is 17.6. The van der Waals surface area contributed by atoms with Gasteiger partial charge in [-0.2, -0.15) is 0 Å². The topological polar surface area (TPSA) is 71.3 Å². The monoisotopic (exact) mass is 437 g/mol. The highest BCUT2D eigenvalue weighted by Gasteiger charge is 2.40. The molecule has 0 amide bonds. The van der Waals surface area contributed by atoms with Gasteiger partial charge in [-0.15, -0.1) is 5.10 Å². The first-order valence-electron chi connectivity index (χ1n) is 10.6. The van der Waals surface area contributed by atoms with Crippen molar-refractivity contribution in [2.45, 2.75) is 12.3 Å². The number of rotatable bonds is 6. The summed E-state index contributed by atoms with van der Waals surface area (Å²) < 4.78 is 25.1. The maximum Gasteiger partial charge on any atom is 0.151 e. The standard InChI is InChI=1S/C23H27N5O2S/c1-31(29,30)17-18-6-5-9-23(10-18)27-13-19-11-26(12-20(19)14-27)15-21-16-28(25-24-21)22-7-3-2-4-8-22/h2-10,16,19-20H,11-15,17H2,1H3. The Morgan fingerprint density at radius 2 is 1.65 bits per heavy atom. The molecule has 0 N–H and O–H groups in total. The molecule has 7 nitrogen and oxygen atoms in total. The van der Waals surface area contributed by atoms with E-state index in [0.717, 1.165) is 55.4 Å². The lowest BCUT2D eigenvalue weighted by Crippen LogP contribution is -2.28. The summed E-state index contributed by atoms with van der Waals surface area (Å²) in [5.41, 5.74) is 4.01. The Labute approximate surface area is 183 Å². The summed E-state index contributed by atoms with van der Waals surface area (Å²) in [6.45, 7) is 4.97. The number of para-hydroxylation sites is 1. The van der Waals surface area contributed by atoms with Crippen molar-refractivity contribution in [3.63, 3.8) is 0 Å². The Balaban J connectivity index is 1.19. The van der Waals surface area contributed by atoms with E-state index in [2.05, 4.69) is 26.2 Å². The molecule has 31 heavy (non-hydrogen) atoms. The molecule has 2 fully saturated rings. The molecule has 3 heterocycles. The molecule has 0 spiro atoms. The summed E-state index contributed by atoms with van der Waals surface area (Å²) in [7, 11) is -3.02. The number of hydrogen-bond donors (Lipinski definition) is 0. The average Bonchev–Trinajstić information content (AvgIpc) is 3.43. The van der Waals surface area contributed by atoms with E-state index in [-0.39, 0.29) is 5.75 Å². The SMILES string of the molecule is CS(=O)(=O)Cc1cccc(N2CC3CN(Cc4cn(-c5ccccc5)nn4)CC3C2)c1. The van der Waals surface area contributed by atoms with Crippen LogP contribution in [-0.2, 0) is 22.1 Å². The van der Waals surface area contributed by atoms with Crippen LogP contribution < -0.4 is 4.90 Å². The molecule has 162 valence electrons. The van der Waals surface area contributed by atoms with E-state index >= 15 is 0 Å². The number of anilines is 1. The van der Waals surface area contributed by atoms with E-state index in [4.69, 9.17) is 0 Å². The second kappa shape index (κ2) is 8.09. The summed E-state index contributed by atoms with van der Waals surface area (Å²) in [4.78, 5) is 4.89. The maximum atomic E-state index is 11.6. The molecule has 2 unspecified atom stereocenters. The molecular formula is C23H27N5O2S. The number of fused-ring (bicyclic) bond motifs is 1. The van der Waals surface area contributed by atoms with Crippen LogP contribution in [-0.4, -0.2) is 60.7 Å². The van der Waals surface area contributed by atoms with E-state index in [1.165, 1.54) is 6.26 Å². The normalized spacial score (nSPS) is 21.5. The van der Waals surface area contributed by atoms with E-state index < -0.39 is 9.84 Å². The van der Waals surface area contributed by atoms with Crippen LogP contribution in [0.25, 0.3) is 5.69 Å². The summed E-state index contributed by atoms with van der Waals surface area (Å²) in [6.07, 6.45) is 3.30. The zero-order valence-corrected chi connectivity index (χ0v) is 18.4. The van der Waals surface area contributed by atoms with E-state index in [0.29, 0.717) is 11.8 Å². The summed E-state index contributed by atoms with van der Waals surface area (Å²) in [6, 6.07) is 18.0. The van der Waals surface area contributed by atoms with Gasteiger partial charge in [-0.1, -0.05) is 35.5 Å². The quantitative estimate of drug-likeness (QED) is 0.590. The van der Waals surface area contributed by atoms with Crippen molar-refractivity contribution in [2.24, 2.45) is 11.8 Å². The van der Waals surface area contributed by atoms with Crippen molar-refractivity contribution in [3.8, 4) is 5.69 Å². The summed E-state index contributed by atoms with van der Waals surface area (Å²) in [5.74, 6) is 1.35. The molecule has 3 aromatic rings. The van der Waals surface area contributed by atoms with Crippen molar-refractivity contribution in [1.29, 1.82) is 0 Å². The van der Waals surface area contributed by atoms with Crippen molar-refractivity contribution in [1.82, 2.24) is 19.9 Å². The van der Waals surface area contributed by atoms with Gasteiger partial charge in [-0.25, -0.2) is 13.1 Å².